The highest BCUT2D eigenvalue weighted by Gasteiger charge is 2.05. The van der Waals surface area contributed by atoms with Crippen LogP contribution in [0, 0.1) is 12.7 Å². The highest BCUT2D eigenvalue weighted by atomic mass is 35.5. The first-order valence-corrected chi connectivity index (χ1v) is 8.19. The third kappa shape index (κ3) is 4.43. The van der Waals surface area contributed by atoms with Crippen molar-refractivity contribution >= 4 is 11.6 Å². The SMILES string of the molecule is Cc1cc(Cl)cc(Cn2ccnc2CNCc2cccc(F)c2)c1. The van der Waals surface area contributed by atoms with Gasteiger partial charge in [0.05, 0.1) is 6.54 Å². The van der Waals surface area contributed by atoms with Crippen molar-refractivity contribution in [3.8, 4) is 0 Å². The fraction of sp³-hybridized carbons (Fsp3) is 0.211. The summed E-state index contributed by atoms with van der Waals surface area (Å²) in [5.41, 5.74) is 3.20. The topological polar surface area (TPSA) is 29.9 Å². The van der Waals surface area contributed by atoms with E-state index in [1.807, 2.05) is 31.3 Å². The van der Waals surface area contributed by atoms with Crippen molar-refractivity contribution in [2.75, 3.05) is 0 Å². The van der Waals surface area contributed by atoms with Gasteiger partial charge in [-0.3, -0.25) is 0 Å². The molecule has 0 saturated carbocycles. The summed E-state index contributed by atoms with van der Waals surface area (Å²) in [6, 6.07) is 12.6. The van der Waals surface area contributed by atoms with Gasteiger partial charge in [0, 0.05) is 30.5 Å². The fourth-order valence-corrected chi connectivity index (χ4v) is 3.03. The fourth-order valence-electron chi connectivity index (χ4n) is 2.72. The normalized spacial score (nSPS) is 11.0. The summed E-state index contributed by atoms with van der Waals surface area (Å²) in [6.45, 7) is 3.97. The average molecular weight is 344 g/mol. The Hall–Kier alpha value is -2.17. The van der Waals surface area contributed by atoms with Gasteiger partial charge >= 0.3 is 0 Å². The van der Waals surface area contributed by atoms with Crippen molar-refractivity contribution in [2.24, 2.45) is 0 Å². The van der Waals surface area contributed by atoms with E-state index in [4.69, 9.17) is 11.6 Å². The van der Waals surface area contributed by atoms with E-state index >= 15 is 0 Å². The highest BCUT2D eigenvalue weighted by Crippen LogP contribution is 2.16. The molecule has 3 rings (SSSR count). The average Bonchev–Trinajstić information content (AvgIpc) is 2.93. The van der Waals surface area contributed by atoms with Gasteiger partial charge in [-0.2, -0.15) is 0 Å². The minimum atomic E-state index is -0.216. The van der Waals surface area contributed by atoms with Gasteiger partial charge in [0.2, 0.25) is 0 Å². The van der Waals surface area contributed by atoms with Crippen molar-refractivity contribution in [1.82, 2.24) is 14.9 Å². The van der Waals surface area contributed by atoms with Crippen LogP contribution in [0.15, 0.2) is 54.9 Å². The Kier molecular flexibility index (Phi) is 5.28. The Bertz CT molecular complexity index is 809. The number of rotatable bonds is 6. The Morgan fingerprint density at radius 2 is 2.00 bits per heavy atom. The monoisotopic (exact) mass is 343 g/mol. The van der Waals surface area contributed by atoms with E-state index in [1.165, 1.54) is 12.1 Å². The van der Waals surface area contributed by atoms with Crippen LogP contribution in [-0.4, -0.2) is 9.55 Å². The molecule has 1 N–H and O–H groups in total. The van der Waals surface area contributed by atoms with Gasteiger partial charge in [-0.15, -0.1) is 0 Å². The minimum absolute atomic E-state index is 0.216. The van der Waals surface area contributed by atoms with Crippen LogP contribution in [-0.2, 0) is 19.6 Å². The summed E-state index contributed by atoms with van der Waals surface area (Å²) in [6.07, 6.45) is 3.74. The maximum Gasteiger partial charge on any atom is 0.123 e. The number of halogens is 2. The molecule has 0 atom stereocenters. The molecule has 0 spiro atoms. The molecule has 0 radical (unpaired) electrons. The van der Waals surface area contributed by atoms with Crippen LogP contribution < -0.4 is 5.32 Å². The van der Waals surface area contributed by atoms with Crippen molar-refractivity contribution in [3.05, 3.63) is 88.2 Å². The summed E-state index contributed by atoms with van der Waals surface area (Å²) < 4.78 is 15.3. The second kappa shape index (κ2) is 7.60. The third-order valence-corrected chi connectivity index (χ3v) is 3.98. The van der Waals surface area contributed by atoms with Crippen molar-refractivity contribution in [1.29, 1.82) is 0 Å². The number of aryl methyl sites for hydroxylation is 1. The number of benzene rings is 2. The van der Waals surface area contributed by atoms with Crippen LogP contribution in [0.25, 0.3) is 0 Å². The summed E-state index contributed by atoms with van der Waals surface area (Å²) in [5.74, 6) is 0.719. The van der Waals surface area contributed by atoms with Gasteiger partial charge in [0.25, 0.3) is 0 Å². The van der Waals surface area contributed by atoms with Crippen molar-refractivity contribution < 1.29 is 4.39 Å². The Balaban J connectivity index is 1.62. The minimum Gasteiger partial charge on any atom is -0.329 e. The highest BCUT2D eigenvalue weighted by molar-refractivity contribution is 6.30. The molecule has 1 aromatic heterocycles. The maximum absolute atomic E-state index is 13.2. The molecular formula is C19H19ClFN3. The second-order valence-electron chi connectivity index (χ2n) is 5.84. The summed E-state index contributed by atoms with van der Waals surface area (Å²) in [5, 5.41) is 4.05. The lowest BCUT2D eigenvalue weighted by Gasteiger charge is -2.10. The van der Waals surface area contributed by atoms with Gasteiger partial charge in [-0.05, 0) is 47.9 Å². The van der Waals surface area contributed by atoms with E-state index in [1.54, 1.807) is 12.3 Å². The second-order valence-corrected chi connectivity index (χ2v) is 6.28. The van der Waals surface area contributed by atoms with Crippen LogP contribution in [0.4, 0.5) is 4.39 Å². The Labute approximate surface area is 146 Å². The predicted molar refractivity (Wildman–Crippen MR) is 94.5 cm³/mol. The van der Waals surface area contributed by atoms with E-state index in [0.29, 0.717) is 13.1 Å². The van der Waals surface area contributed by atoms with E-state index in [2.05, 4.69) is 20.9 Å². The van der Waals surface area contributed by atoms with E-state index < -0.39 is 0 Å². The molecule has 3 nitrogen and oxygen atoms in total. The molecule has 5 heteroatoms. The summed E-state index contributed by atoms with van der Waals surface area (Å²) >= 11 is 6.13. The molecule has 0 amide bonds. The van der Waals surface area contributed by atoms with Crippen LogP contribution >= 0.6 is 11.6 Å². The lowest BCUT2D eigenvalue weighted by Crippen LogP contribution is -2.17. The maximum atomic E-state index is 13.2. The van der Waals surface area contributed by atoms with Crippen LogP contribution in [0.3, 0.4) is 0 Å². The van der Waals surface area contributed by atoms with E-state index in [0.717, 1.165) is 34.1 Å². The smallest absolute Gasteiger partial charge is 0.123 e. The molecule has 0 aliphatic carbocycles. The van der Waals surface area contributed by atoms with Crippen molar-refractivity contribution in [3.63, 3.8) is 0 Å². The van der Waals surface area contributed by atoms with E-state index in [9.17, 15) is 4.39 Å². The molecular weight excluding hydrogens is 325 g/mol. The first-order chi connectivity index (χ1) is 11.6. The number of hydrogen-bond donors (Lipinski definition) is 1. The molecule has 0 aliphatic rings. The summed E-state index contributed by atoms with van der Waals surface area (Å²) in [7, 11) is 0. The van der Waals surface area contributed by atoms with E-state index in [-0.39, 0.29) is 5.82 Å². The lowest BCUT2D eigenvalue weighted by molar-refractivity contribution is 0.607. The molecule has 0 unspecified atom stereocenters. The zero-order valence-electron chi connectivity index (χ0n) is 13.5. The summed E-state index contributed by atoms with van der Waals surface area (Å²) in [4.78, 5) is 4.40. The number of aromatic nitrogens is 2. The molecule has 0 aliphatic heterocycles. The molecule has 0 fully saturated rings. The zero-order chi connectivity index (χ0) is 16.9. The van der Waals surface area contributed by atoms with Crippen LogP contribution in [0.2, 0.25) is 5.02 Å². The molecule has 124 valence electrons. The Morgan fingerprint density at radius 1 is 1.12 bits per heavy atom. The van der Waals surface area contributed by atoms with Crippen LogP contribution in [0.1, 0.15) is 22.5 Å². The number of imidazole rings is 1. The molecule has 0 bridgehead atoms. The standard InChI is InChI=1S/C19H19ClFN3/c1-14-7-16(9-17(20)8-14)13-24-6-5-23-19(24)12-22-11-15-3-2-4-18(21)10-15/h2-10,22H,11-13H2,1H3. The van der Waals surface area contributed by atoms with Gasteiger partial charge in [-0.1, -0.05) is 29.8 Å². The molecule has 2 aromatic carbocycles. The Morgan fingerprint density at radius 3 is 2.79 bits per heavy atom. The zero-order valence-corrected chi connectivity index (χ0v) is 14.2. The van der Waals surface area contributed by atoms with Gasteiger partial charge in [0.1, 0.15) is 11.6 Å². The third-order valence-electron chi connectivity index (χ3n) is 3.76. The van der Waals surface area contributed by atoms with Gasteiger partial charge < -0.3 is 9.88 Å². The lowest BCUT2D eigenvalue weighted by atomic mass is 10.1. The first-order valence-electron chi connectivity index (χ1n) is 7.81. The molecule has 1 heterocycles. The quantitative estimate of drug-likeness (QED) is 0.722. The molecule has 0 saturated heterocycles. The van der Waals surface area contributed by atoms with Gasteiger partial charge in [-0.25, -0.2) is 9.37 Å². The number of nitrogens with zero attached hydrogens (tertiary/aromatic N) is 2. The molecule has 3 aromatic rings. The molecule has 24 heavy (non-hydrogen) atoms. The number of nitrogens with one attached hydrogen (secondary N) is 1. The van der Waals surface area contributed by atoms with Crippen LogP contribution in [0.5, 0.6) is 0 Å². The predicted octanol–water partition coefficient (Wildman–Crippen LogP) is 4.32. The number of hydrogen-bond acceptors (Lipinski definition) is 2. The van der Waals surface area contributed by atoms with Gasteiger partial charge in [0.15, 0.2) is 0 Å². The first kappa shape index (κ1) is 16.7. The van der Waals surface area contributed by atoms with Crippen molar-refractivity contribution in [2.45, 2.75) is 26.6 Å². The largest absolute Gasteiger partial charge is 0.329 e.